The Morgan fingerprint density at radius 3 is 2.76 bits per heavy atom. The normalized spacial score (nSPS) is 16.9. The molecule has 3 rings (SSSR count). The summed E-state index contributed by atoms with van der Waals surface area (Å²) in [7, 11) is 3.29. The summed E-state index contributed by atoms with van der Waals surface area (Å²) in [5.74, 6) is 1.29. The lowest BCUT2D eigenvalue weighted by molar-refractivity contribution is -0.384. The molecule has 6 heteroatoms. The van der Waals surface area contributed by atoms with Gasteiger partial charge in [0.25, 0.3) is 5.69 Å². The molecule has 0 radical (unpaired) electrons. The second-order valence-corrected chi connectivity index (χ2v) is 6.18. The van der Waals surface area contributed by atoms with Crippen LogP contribution in [0.1, 0.15) is 23.5 Å². The van der Waals surface area contributed by atoms with E-state index in [1.807, 2.05) is 24.3 Å². The molecule has 1 fully saturated rings. The van der Waals surface area contributed by atoms with Gasteiger partial charge >= 0.3 is 0 Å². The van der Waals surface area contributed by atoms with Crippen LogP contribution in [0.25, 0.3) is 0 Å². The molecule has 1 saturated heterocycles. The first kappa shape index (κ1) is 17.2. The summed E-state index contributed by atoms with van der Waals surface area (Å²) >= 11 is 0. The zero-order valence-electron chi connectivity index (χ0n) is 14.5. The Bertz CT molecular complexity index is 763. The van der Waals surface area contributed by atoms with Crippen molar-refractivity contribution in [3.05, 3.63) is 63.7 Å². The van der Waals surface area contributed by atoms with Crippen molar-refractivity contribution in [2.24, 2.45) is 0 Å². The molecule has 0 spiro atoms. The van der Waals surface area contributed by atoms with Crippen LogP contribution in [0.4, 0.5) is 11.4 Å². The molecule has 0 aromatic heterocycles. The van der Waals surface area contributed by atoms with Gasteiger partial charge in [0.05, 0.1) is 18.6 Å². The molecular weight excluding hydrogens is 320 g/mol. The Balaban J connectivity index is 1.85. The van der Waals surface area contributed by atoms with Crippen molar-refractivity contribution in [1.29, 1.82) is 0 Å². The molecule has 1 heterocycles. The van der Waals surface area contributed by atoms with E-state index in [0.29, 0.717) is 12.5 Å². The predicted octanol–water partition coefficient (Wildman–Crippen LogP) is 3.74. The summed E-state index contributed by atoms with van der Waals surface area (Å²) in [6.45, 7) is 2.11. The van der Waals surface area contributed by atoms with E-state index in [-0.39, 0.29) is 10.6 Å². The molecule has 1 atom stereocenters. The lowest BCUT2D eigenvalue weighted by Gasteiger charge is -2.22. The molecule has 0 aliphatic carbocycles. The van der Waals surface area contributed by atoms with Gasteiger partial charge in [-0.05, 0) is 24.1 Å². The van der Waals surface area contributed by atoms with Crippen molar-refractivity contribution in [2.45, 2.75) is 18.9 Å². The highest BCUT2D eigenvalue weighted by molar-refractivity contribution is 5.59. The zero-order valence-corrected chi connectivity index (χ0v) is 14.5. The third kappa shape index (κ3) is 3.58. The molecule has 1 aliphatic heterocycles. The fourth-order valence-corrected chi connectivity index (χ4v) is 3.50. The van der Waals surface area contributed by atoms with Gasteiger partial charge in [-0.3, -0.25) is 10.1 Å². The van der Waals surface area contributed by atoms with E-state index in [4.69, 9.17) is 9.47 Å². The van der Waals surface area contributed by atoms with Gasteiger partial charge in [0.1, 0.15) is 5.75 Å². The minimum Gasteiger partial charge on any atom is -0.496 e. The first-order valence-electron chi connectivity index (χ1n) is 8.28. The van der Waals surface area contributed by atoms with Crippen LogP contribution >= 0.6 is 0 Å². The van der Waals surface area contributed by atoms with Crippen LogP contribution in [0.15, 0.2) is 42.5 Å². The molecule has 1 aliphatic rings. The van der Waals surface area contributed by atoms with Crippen molar-refractivity contribution in [3.63, 3.8) is 0 Å². The molecule has 25 heavy (non-hydrogen) atoms. The fraction of sp³-hybridized carbons (Fsp3) is 0.368. The average molecular weight is 342 g/mol. The minimum absolute atomic E-state index is 0.0938. The van der Waals surface area contributed by atoms with E-state index in [1.54, 1.807) is 26.4 Å². The van der Waals surface area contributed by atoms with Gasteiger partial charge in [-0.25, -0.2) is 0 Å². The quantitative estimate of drug-likeness (QED) is 0.591. The molecule has 1 unspecified atom stereocenters. The standard InChI is InChI=1S/C19H22N2O4/c1-24-13-15-11-16(21(22)23)7-8-18(15)20-10-9-14(12-20)17-5-3-4-6-19(17)25-2/h3-8,11,14H,9-10,12-13H2,1-2H3. The summed E-state index contributed by atoms with van der Waals surface area (Å²) in [5.41, 5.74) is 3.15. The highest BCUT2D eigenvalue weighted by atomic mass is 16.6. The van der Waals surface area contributed by atoms with Crippen LogP contribution in [0.5, 0.6) is 5.75 Å². The number of rotatable bonds is 6. The largest absolute Gasteiger partial charge is 0.496 e. The van der Waals surface area contributed by atoms with Gasteiger partial charge < -0.3 is 14.4 Å². The Hall–Kier alpha value is -2.60. The Morgan fingerprint density at radius 1 is 1.24 bits per heavy atom. The summed E-state index contributed by atoms with van der Waals surface area (Å²) in [6, 6.07) is 13.1. The lowest BCUT2D eigenvalue weighted by Crippen LogP contribution is -2.21. The topological polar surface area (TPSA) is 64.8 Å². The van der Waals surface area contributed by atoms with Crippen molar-refractivity contribution in [1.82, 2.24) is 0 Å². The summed E-state index contributed by atoms with van der Waals surface area (Å²) in [5, 5.41) is 11.0. The number of non-ortho nitro benzene ring substituents is 1. The Labute approximate surface area is 147 Å². The Kier molecular flexibility index (Phi) is 5.19. The monoisotopic (exact) mass is 342 g/mol. The van der Waals surface area contributed by atoms with E-state index in [0.717, 1.165) is 36.5 Å². The second-order valence-electron chi connectivity index (χ2n) is 6.18. The smallest absolute Gasteiger partial charge is 0.269 e. The van der Waals surface area contributed by atoms with Crippen LogP contribution in [0, 0.1) is 10.1 Å². The van der Waals surface area contributed by atoms with Crippen molar-refractivity contribution in [2.75, 3.05) is 32.2 Å². The number of anilines is 1. The first-order chi connectivity index (χ1) is 12.1. The Morgan fingerprint density at radius 2 is 2.04 bits per heavy atom. The zero-order chi connectivity index (χ0) is 17.8. The maximum atomic E-state index is 11.0. The maximum absolute atomic E-state index is 11.0. The summed E-state index contributed by atoms with van der Waals surface area (Å²) < 4.78 is 10.7. The van der Waals surface area contributed by atoms with Gasteiger partial charge in [-0.15, -0.1) is 0 Å². The number of para-hydroxylation sites is 1. The number of nitro benzene ring substituents is 1. The minimum atomic E-state index is -0.370. The highest BCUT2D eigenvalue weighted by Crippen LogP contribution is 2.37. The lowest BCUT2D eigenvalue weighted by atomic mass is 9.97. The van der Waals surface area contributed by atoms with Crippen molar-refractivity contribution >= 4 is 11.4 Å². The van der Waals surface area contributed by atoms with Gasteiger partial charge in [-0.1, -0.05) is 18.2 Å². The number of methoxy groups -OCH3 is 2. The van der Waals surface area contributed by atoms with Gasteiger partial charge in [-0.2, -0.15) is 0 Å². The van der Waals surface area contributed by atoms with Gasteiger partial charge in [0, 0.05) is 49.5 Å². The molecule has 0 amide bonds. The summed E-state index contributed by atoms with van der Waals surface area (Å²) in [4.78, 5) is 12.9. The van der Waals surface area contributed by atoms with E-state index >= 15 is 0 Å². The first-order valence-corrected chi connectivity index (χ1v) is 8.28. The predicted molar refractivity (Wildman–Crippen MR) is 96.4 cm³/mol. The SMILES string of the molecule is COCc1cc([N+](=O)[O-])ccc1N1CCC(c2ccccc2OC)C1. The molecule has 0 saturated carbocycles. The van der Waals surface area contributed by atoms with E-state index in [1.165, 1.54) is 5.56 Å². The molecule has 2 aromatic rings. The number of hydrogen-bond acceptors (Lipinski definition) is 5. The molecule has 0 bridgehead atoms. The van der Waals surface area contributed by atoms with Gasteiger partial charge in [0.15, 0.2) is 0 Å². The molecule has 132 valence electrons. The molecule has 2 aromatic carbocycles. The molecule has 0 N–H and O–H groups in total. The van der Waals surface area contributed by atoms with Gasteiger partial charge in [0.2, 0.25) is 0 Å². The van der Waals surface area contributed by atoms with E-state index < -0.39 is 0 Å². The average Bonchev–Trinajstić information content (AvgIpc) is 3.11. The van der Waals surface area contributed by atoms with E-state index in [2.05, 4.69) is 11.0 Å². The van der Waals surface area contributed by atoms with Crippen LogP contribution < -0.4 is 9.64 Å². The van der Waals surface area contributed by atoms with Crippen LogP contribution in [0.3, 0.4) is 0 Å². The maximum Gasteiger partial charge on any atom is 0.269 e. The fourth-order valence-electron chi connectivity index (χ4n) is 3.50. The van der Waals surface area contributed by atoms with Crippen LogP contribution in [-0.4, -0.2) is 32.2 Å². The third-order valence-electron chi connectivity index (χ3n) is 4.68. The van der Waals surface area contributed by atoms with Crippen LogP contribution in [-0.2, 0) is 11.3 Å². The summed E-state index contributed by atoms with van der Waals surface area (Å²) in [6.07, 6.45) is 1.02. The number of nitrogens with zero attached hydrogens (tertiary/aromatic N) is 2. The molecule has 6 nitrogen and oxygen atoms in total. The van der Waals surface area contributed by atoms with E-state index in [9.17, 15) is 10.1 Å². The number of hydrogen-bond donors (Lipinski definition) is 0. The molecular formula is C19H22N2O4. The van der Waals surface area contributed by atoms with Crippen LogP contribution in [0.2, 0.25) is 0 Å². The second kappa shape index (κ2) is 7.53. The van der Waals surface area contributed by atoms with Crippen molar-refractivity contribution in [3.8, 4) is 5.75 Å². The van der Waals surface area contributed by atoms with Crippen molar-refractivity contribution < 1.29 is 14.4 Å². The number of ether oxygens (including phenoxy) is 2. The highest BCUT2D eigenvalue weighted by Gasteiger charge is 2.28. The number of benzene rings is 2. The number of nitro groups is 1. The third-order valence-corrected chi connectivity index (χ3v) is 4.68.